The summed E-state index contributed by atoms with van der Waals surface area (Å²) in [5.74, 6) is 0.740. The number of nitrogens with zero attached hydrogens (tertiary/aromatic N) is 2. The van der Waals surface area contributed by atoms with Gasteiger partial charge in [0.05, 0.1) is 4.88 Å². The SMILES string of the molecule is Cl.O=C(N[C@H]1CN2CCC1CC2)c1cc2cccc(-c3cccc(N4CCCC4)c3)c2s1. The second-order valence-electron chi connectivity index (χ2n) is 9.30. The monoisotopic (exact) mass is 467 g/mol. The Morgan fingerprint density at radius 2 is 1.75 bits per heavy atom. The van der Waals surface area contributed by atoms with Gasteiger partial charge in [0.15, 0.2) is 0 Å². The average molecular weight is 468 g/mol. The van der Waals surface area contributed by atoms with Crippen molar-refractivity contribution in [2.45, 2.75) is 31.7 Å². The van der Waals surface area contributed by atoms with Crippen LogP contribution in [0.1, 0.15) is 35.4 Å². The smallest absolute Gasteiger partial charge is 0.261 e. The number of anilines is 1. The van der Waals surface area contributed by atoms with Crippen LogP contribution >= 0.6 is 23.7 Å². The summed E-state index contributed by atoms with van der Waals surface area (Å²) < 4.78 is 1.21. The first-order valence-corrected chi connectivity index (χ1v) is 12.5. The summed E-state index contributed by atoms with van der Waals surface area (Å²) in [5.41, 5.74) is 3.77. The van der Waals surface area contributed by atoms with Gasteiger partial charge in [0.25, 0.3) is 5.91 Å². The maximum Gasteiger partial charge on any atom is 0.261 e. The predicted molar refractivity (Wildman–Crippen MR) is 136 cm³/mol. The van der Waals surface area contributed by atoms with E-state index < -0.39 is 0 Å². The highest BCUT2D eigenvalue weighted by Crippen LogP contribution is 2.37. The first-order valence-electron chi connectivity index (χ1n) is 11.7. The summed E-state index contributed by atoms with van der Waals surface area (Å²) in [7, 11) is 0. The van der Waals surface area contributed by atoms with E-state index in [-0.39, 0.29) is 18.3 Å². The molecular formula is C26H30ClN3OS. The van der Waals surface area contributed by atoms with Crippen LogP contribution in [0.3, 0.4) is 0 Å². The normalized spacial score (nSPS) is 24.5. The van der Waals surface area contributed by atoms with Gasteiger partial charge in [0.2, 0.25) is 0 Å². The summed E-state index contributed by atoms with van der Waals surface area (Å²) in [6, 6.07) is 17.7. The predicted octanol–water partition coefficient (Wildman–Crippen LogP) is 5.41. The third-order valence-electron chi connectivity index (χ3n) is 7.37. The van der Waals surface area contributed by atoms with Crippen LogP contribution in [-0.4, -0.2) is 49.6 Å². The third kappa shape index (κ3) is 4.02. The van der Waals surface area contributed by atoms with Crippen molar-refractivity contribution in [3.8, 4) is 11.1 Å². The van der Waals surface area contributed by atoms with Crippen molar-refractivity contribution in [2.75, 3.05) is 37.6 Å². The van der Waals surface area contributed by atoms with Crippen molar-refractivity contribution < 1.29 is 4.79 Å². The fraction of sp³-hybridized carbons (Fsp3) is 0.423. The van der Waals surface area contributed by atoms with Crippen LogP contribution < -0.4 is 10.2 Å². The molecule has 0 radical (unpaired) electrons. The second kappa shape index (κ2) is 9.05. The molecule has 0 unspecified atom stereocenters. The molecule has 0 saturated carbocycles. The molecule has 4 aliphatic heterocycles. The second-order valence-corrected chi connectivity index (χ2v) is 10.3. The van der Waals surface area contributed by atoms with Crippen LogP contribution in [0.4, 0.5) is 5.69 Å². The molecule has 0 spiro atoms. The molecule has 4 fully saturated rings. The first kappa shape index (κ1) is 21.7. The zero-order valence-electron chi connectivity index (χ0n) is 18.3. The number of piperidine rings is 3. The Morgan fingerprint density at radius 1 is 0.969 bits per heavy atom. The largest absolute Gasteiger partial charge is 0.372 e. The van der Waals surface area contributed by atoms with Gasteiger partial charge in [-0.1, -0.05) is 30.3 Å². The van der Waals surface area contributed by atoms with Crippen LogP contribution in [0.5, 0.6) is 0 Å². The van der Waals surface area contributed by atoms with Crippen molar-refractivity contribution in [2.24, 2.45) is 5.92 Å². The van der Waals surface area contributed by atoms with Gasteiger partial charge in [0, 0.05) is 36.1 Å². The summed E-state index contributed by atoms with van der Waals surface area (Å²) >= 11 is 1.63. The Balaban J connectivity index is 0.00000216. The summed E-state index contributed by atoms with van der Waals surface area (Å²) in [6.07, 6.45) is 5.00. The van der Waals surface area contributed by atoms with E-state index in [0.29, 0.717) is 12.0 Å². The zero-order chi connectivity index (χ0) is 20.8. The molecule has 1 aromatic heterocycles. The molecule has 0 aliphatic carbocycles. The molecule has 4 saturated heterocycles. The minimum absolute atomic E-state index is 0. The molecule has 5 heterocycles. The maximum atomic E-state index is 13.1. The van der Waals surface area contributed by atoms with E-state index in [0.717, 1.165) is 29.9 Å². The number of hydrogen-bond acceptors (Lipinski definition) is 4. The lowest BCUT2D eigenvalue weighted by atomic mass is 9.84. The number of fused-ring (bicyclic) bond motifs is 4. The molecule has 2 aromatic carbocycles. The van der Waals surface area contributed by atoms with E-state index in [2.05, 4.69) is 63.6 Å². The highest BCUT2D eigenvalue weighted by molar-refractivity contribution is 7.21. The minimum Gasteiger partial charge on any atom is -0.372 e. The summed E-state index contributed by atoms with van der Waals surface area (Å²) in [5, 5.41) is 4.52. The molecule has 6 heteroatoms. The molecule has 4 nitrogen and oxygen atoms in total. The van der Waals surface area contributed by atoms with Crippen molar-refractivity contribution in [3.63, 3.8) is 0 Å². The van der Waals surface area contributed by atoms with Crippen molar-refractivity contribution >= 4 is 45.4 Å². The Morgan fingerprint density at radius 3 is 2.50 bits per heavy atom. The van der Waals surface area contributed by atoms with Crippen LogP contribution in [0.15, 0.2) is 48.5 Å². The quantitative estimate of drug-likeness (QED) is 0.556. The fourth-order valence-corrected chi connectivity index (χ4v) is 6.71. The lowest BCUT2D eigenvalue weighted by molar-refractivity contribution is 0.0622. The number of carbonyl (C=O) groups is 1. The van der Waals surface area contributed by atoms with E-state index in [4.69, 9.17) is 0 Å². The zero-order valence-corrected chi connectivity index (χ0v) is 19.9. The van der Waals surface area contributed by atoms with Gasteiger partial charge in [-0.15, -0.1) is 23.7 Å². The van der Waals surface area contributed by atoms with E-state index >= 15 is 0 Å². The van der Waals surface area contributed by atoms with E-state index in [9.17, 15) is 4.79 Å². The fourth-order valence-electron chi connectivity index (χ4n) is 5.62. The molecule has 32 heavy (non-hydrogen) atoms. The van der Waals surface area contributed by atoms with Crippen LogP contribution in [0.25, 0.3) is 21.2 Å². The first-order chi connectivity index (χ1) is 15.2. The molecule has 2 bridgehead atoms. The van der Waals surface area contributed by atoms with Gasteiger partial charge in [-0.3, -0.25) is 4.79 Å². The van der Waals surface area contributed by atoms with Crippen molar-refractivity contribution in [3.05, 3.63) is 53.4 Å². The Kier molecular flexibility index (Phi) is 6.15. The van der Waals surface area contributed by atoms with E-state index in [1.165, 1.54) is 60.3 Å². The molecule has 1 amide bonds. The van der Waals surface area contributed by atoms with Gasteiger partial charge >= 0.3 is 0 Å². The highest BCUT2D eigenvalue weighted by atomic mass is 35.5. The number of halogens is 1. The van der Waals surface area contributed by atoms with Crippen LogP contribution in [-0.2, 0) is 0 Å². The van der Waals surface area contributed by atoms with E-state index in [1.807, 2.05) is 0 Å². The van der Waals surface area contributed by atoms with Crippen LogP contribution in [0, 0.1) is 5.92 Å². The average Bonchev–Trinajstić information content (AvgIpc) is 3.50. The Bertz CT molecular complexity index is 1120. The maximum absolute atomic E-state index is 13.1. The van der Waals surface area contributed by atoms with Gasteiger partial charge < -0.3 is 15.1 Å². The molecule has 1 atom stereocenters. The van der Waals surface area contributed by atoms with Crippen LogP contribution in [0.2, 0.25) is 0 Å². The Labute approximate surface area is 200 Å². The third-order valence-corrected chi connectivity index (χ3v) is 8.55. The molecular weight excluding hydrogens is 438 g/mol. The highest BCUT2D eigenvalue weighted by Gasteiger charge is 2.35. The van der Waals surface area contributed by atoms with Crippen molar-refractivity contribution in [1.82, 2.24) is 10.2 Å². The number of thiophene rings is 1. The number of benzene rings is 2. The summed E-state index contributed by atoms with van der Waals surface area (Å²) in [6.45, 7) is 5.70. The summed E-state index contributed by atoms with van der Waals surface area (Å²) in [4.78, 5) is 18.9. The van der Waals surface area contributed by atoms with Gasteiger partial charge in [-0.05, 0) is 79.4 Å². The number of carbonyl (C=O) groups excluding carboxylic acids is 1. The lowest BCUT2D eigenvalue weighted by Gasteiger charge is -2.44. The van der Waals surface area contributed by atoms with Gasteiger partial charge in [-0.25, -0.2) is 0 Å². The Hall–Kier alpha value is -2.08. The minimum atomic E-state index is 0. The van der Waals surface area contributed by atoms with E-state index in [1.54, 1.807) is 11.3 Å². The van der Waals surface area contributed by atoms with Gasteiger partial charge in [0.1, 0.15) is 0 Å². The molecule has 3 aromatic rings. The van der Waals surface area contributed by atoms with Gasteiger partial charge in [-0.2, -0.15) is 0 Å². The standard InChI is InChI=1S/C26H29N3OS.ClH/c30-26(27-23-17-28-13-9-18(23)10-14-28)24-16-20-6-4-8-22(25(20)31-24)19-5-3-7-21(15-19)29-11-1-2-12-29;/h3-8,15-16,18,23H,1-2,9-14,17H2,(H,27,30);1H/t23-;/m0./s1. The molecule has 168 valence electrons. The number of amides is 1. The van der Waals surface area contributed by atoms with Crippen molar-refractivity contribution in [1.29, 1.82) is 0 Å². The topological polar surface area (TPSA) is 35.6 Å². The lowest BCUT2D eigenvalue weighted by Crippen LogP contribution is -2.57. The number of nitrogens with one attached hydrogen (secondary N) is 1. The number of rotatable bonds is 4. The molecule has 7 rings (SSSR count). The number of hydrogen-bond donors (Lipinski definition) is 1. The molecule has 4 aliphatic rings. The molecule has 1 N–H and O–H groups in total.